The highest BCUT2D eigenvalue weighted by Crippen LogP contribution is 2.20. The number of rotatable bonds is 8. The minimum absolute atomic E-state index is 0.167. The molecule has 1 aliphatic heterocycles. The van der Waals surface area contributed by atoms with Gasteiger partial charge in [0, 0.05) is 17.9 Å². The summed E-state index contributed by atoms with van der Waals surface area (Å²) in [6.45, 7) is 4.07. The zero-order valence-electron chi connectivity index (χ0n) is 15.1. The van der Waals surface area contributed by atoms with Crippen LogP contribution in [-0.2, 0) is 4.74 Å². The Balaban J connectivity index is 1.53. The molecular weight excluding hydrogens is 330 g/mol. The number of amides is 1. The number of nitrogens with one attached hydrogen (secondary N) is 1. The van der Waals surface area contributed by atoms with E-state index >= 15 is 0 Å². The van der Waals surface area contributed by atoms with Crippen molar-refractivity contribution in [3.8, 4) is 11.5 Å². The summed E-state index contributed by atoms with van der Waals surface area (Å²) in [6, 6.07) is 14.6. The number of carbonyl (C=O) groups excluding carboxylic acids is 1. The van der Waals surface area contributed by atoms with Gasteiger partial charge in [0.25, 0.3) is 5.91 Å². The Morgan fingerprint density at radius 3 is 2.73 bits per heavy atom. The van der Waals surface area contributed by atoms with Crippen LogP contribution in [0.2, 0.25) is 0 Å². The first kappa shape index (κ1) is 18.3. The number of hydrogen-bond donors (Lipinski definition) is 1. The van der Waals surface area contributed by atoms with Crippen molar-refractivity contribution in [1.82, 2.24) is 0 Å². The molecule has 1 amide bonds. The molecule has 2 aromatic carbocycles. The molecule has 138 valence electrons. The van der Waals surface area contributed by atoms with E-state index in [0.717, 1.165) is 37.3 Å². The second-order valence-electron chi connectivity index (χ2n) is 6.30. The smallest absolute Gasteiger partial charge is 0.255 e. The van der Waals surface area contributed by atoms with Gasteiger partial charge in [-0.3, -0.25) is 4.79 Å². The summed E-state index contributed by atoms with van der Waals surface area (Å²) < 4.78 is 16.8. The van der Waals surface area contributed by atoms with Crippen molar-refractivity contribution in [2.75, 3.05) is 25.1 Å². The Morgan fingerprint density at radius 2 is 2.00 bits per heavy atom. The van der Waals surface area contributed by atoms with E-state index in [0.29, 0.717) is 24.5 Å². The minimum Gasteiger partial charge on any atom is -0.494 e. The fourth-order valence-corrected chi connectivity index (χ4v) is 2.75. The highest BCUT2D eigenvalue weighted by atomic mass is 16.5. The fraction of sp³-hybridized carbons (Fsp3) is 0.381. The Bertz CT molecular complexity index is 708. The van der Waals surface area contributed by atoms with Crippen LogP contribution in [0.5, 0.6) is 11.5 Å². The molecule has 0 bridgehead atoms. The highest BCUT2D eigenvalue weighted by Gasteiger charge is 2.16. The van der Waals surface area contributed by atoms with Crippen molar-refractivity contribution in [2.24, 2.45) is 0 Å². The molecule has 5 nitrogen and oxygen atoms in total. The van der Waals surface area contributed by atoms with E-state index in [2.05, 4.69) is 5.32 Å². The van der Waals surface area contributed by atoms with Crippen LogP contribution in [0, 0.1) is 0 Å². The summed E-state index contributed by atoms with van der Waals surface area (Å²) in [5.41, 5.74) is 1.29. The Morgan fingerprint density at radius 1 is 1.15 bits per heavy atom. The van der Waals surface area contributed by atoms with Crippen LogP contribution < -0.4 is 14.8 Å². The molecule has 1 heterocycles. The first-order chi connectivity index (χ1) is 12.7. The zero-order chi connectivity index (χ0) is 18.2. The van der Waals surface area contributed by atoms with E-state index in [1.165, 1.54) is 0 Å². The summed E-state index contributed by atoms with van der Waals surface area (Å²) in [7, 11) is 0. The van der Waals surface area contributed by atoms with Crippen molar-refractivity contribution in [2.45, 2.75) is 32.3 Å². The Kier molecular flexibility index (Phi) is 6.50. The second kappa shape index (κ2) is 9.25. The van der Waals surface area contributed by atoms with Crippen molar-refractivity contribution < 1.29 is 19.0 Å². The summed E-state index contributed by atoms with van der Waals surface area (Å²) in [6.07, 6.45) is 3.27. The Labute approximate surface area is 154 Å². The van der Waals surface area contributed by atoms with E-state index in [1.807, 2.05) is 43.3 Å². The van der Waals surface area contributed by atoms with Gasteiger partial charge in [0.15, 0.2) is 0 Å². The molecule has 0 unspecified atom stereocenters. The van der Waals surface area contributed by atoms with Gasteiger partial charge in [-0.05, 0) is 61.7 Å². The summed E-state index contributed by atoms with van der Waals surface area (Å²) in [5, 5.41) is 2.89. The first-order valence-corrected chi connectivity index (χ1v) is 9.13. The third-order valence-corrected chi connectivity index (χ3v) is 4.14. The van der Waals surface area contributed by atoms with Crippen LogP contribution in [0.15, 0.2) is 48.5 Å². The number of hydrogen-bond acceptors (Lipinski definition) is 4. The monoisotopic (exact) mass is 355 g/mol. The number of anilines is 1. The van der Waals surface area contributed by atoms with Crippen LogP contribution in [-0.4, -0.2) is 31.8 Å². The van der Waals surface area contributed by atoms with Gasteiger partial charge in [-0.1, -0.05) is 13.0 Å². The summed E-state index contributed by atoms with van der Waals surface area (Å²) in [5.74, 6) is 1.31. The van der Waals surface area contributed by atoms with Crippen LogP contribution >= 0.6 is 0 Å². The predicted octanol–water partition coefficient (Wildman–Crippen LogP) is 4.29. The molecule has 26 heavy (non-hydrogen) atoms. The van der Waals surface area contributed by atoms with Crippen LogP contribution in [0.25, 0.3) is 0 Å². The van der Waals surface area contributed by atoms with Gasteiger partial charge in [0.1, 0.15) is 18.1 Å². The molecule has 0 saturated carbocycles. The van der Waals surface area contributed by atoms with Gasteiger partial charge in [-0.2, -0.15) is 0 Å². The molecular formula is C21H25NO4. The maximum atomic E-state index is 12.4. The normalized spacial score (nSPS) is 16.3. The summed E-state index contributed by atoms with van der Waals surface area (Å²) in [4.78, 5) is 12.4. The molecule has 0 radical (unpaired) electrons. The van der Waals surface area contributed by atoms with E-state index in [-0.39, 0.29) is 12.0 Å². The van der Waals surface area contributed by atoms with Crippen molar-refractivity contribution in [1.29, 1.82) is 0 Å². The number of carbonyl (C=O) groups is 1. The SMILES string of the molecule is CCCOc1cccc(C(=O)Nc2ccc(OC[C@@H]3CCCO3)cc2)c1. The quantitative estimate of drug-likeness (QED) is 0.768. The third kappa shape index (κ3) is 5.23. The van der Waals surface area contributed by atoms with Crippen molar-refractivity contribution >= 4 is 11.6 Å². The molecule has 2 aromatic rings. The molecule has 1 saturated heterocycles. The molecule has 0 spiro atoms. The average Bonchev–Trinajstić information content (AvgIpc) is 3.19. The standard InChI is InChI=1S/C21H25NO4/c1-2-12-24-19-6-3-5-16(14-19)21(23)22-17-8-10-18(11-9-17)26-15-20-7-4-13-25-20/h3,5-6,8-11,14,20H,2,4,7,12-13,15H2,1H3,(H,22,23)/t20-/m0/s1. The van der Waals surface area contributed by atoms with Crippen molar-refractivity contribution in [3.63, 3.8) is 0 Å². The average molecular weight is 355 g/mol. The third-order valence-electron chi connectivity index (χ3n) is 4.14. The van der Waals surface area contributed by atoms with Gasteiger partial charge >= 0.3 is 0 Å². The topological polar surface area (TPSA) is 56.8 Å². The van der Waals surface area contributed by atoms with E-state index in [9.17, 15) is 4.79 Å². The highest BCUT2D eigenvalue weighted by molar-refractivity contribution is 6.04. The lowest BCUT2D eigenvalue weighted by Gasteiger charge is -2.12. The molecule has 1 fully saturated rings. The van der Waals surface area contributed by atoms with Crippen LogP contribution in [0.4, 0.5) is 5.69 Å². The number of benzene rings is 2. The molecule has 1 N–H and O–H groups in total. The maximum Gasteiger partial charge on any atom is 0.255 e. The molecule has 1 aliphatic rings. The second-order valence-corrected chi connectivity index (χ2v) is 6.30. The zero-order valence-corrected chi connectivity index (χ0v) is 15.1. The van der Waals surface area contributed by atoms with E-state index in [1.54, 1.807) is 12.1 Å². The minimum atomic E-state index is -0.167. The number of ether oxygens (including phenoxy) is 3. The molecule has 1 atom stereocenters. The first-order valence-electron chi connectivity index (χ1n) is 9.13. The fourth-order valence-electron chi connectivity index (χ4n) is 2.75. The van der Waals surface area contributed by atoms with E-state index < -0.39 is 0 Å². The van der Waals surface area contributed by atoms with Crippen molar-refractivity contribution in [3.05, 3.63) is 54.1 Å². The lowest BCUT2D eigenvalue weighted by molar-refractivity contribution is 0.0679. The molecule has 5 heteroatoms. The lowest BCUT2D eigenvalue weighted by Crippen LogP contribution is -2.16. The molecule has 0 aliphatic carbocycles. The van der Waals surface area contributed by atoms with Gasteiger partial charge < -0.3 is 19.5 Å². The maximum absolute atomic E-state index is 12.4. The van der Waals surface area contributed by atoms with Crippen LogP contribution in [0.3, 0.4) is 0 Å². The van der Waals surface area contributed by atoms with Gasteiger partial charge in [0.05, 0.1) is 12.7 Å². The lowest BCUT2D eigenvalue weighted by atomic mass is 10.2. The molecule has 0 aromatic heterocycles. The van der Waals surface area contributed by atoms with Gasteiger partial charge in [-0.15, -0.1) is 0 Å². The Hall–Kier alpha value is -2.53. The predicted molar refractivity (Wildman–Crippen MR) is 101 cm³/mol. The summed E-state index contributed by atoms with van der Waals surface area (Å²) >= 11 is 0. The largest absolute Gasteiger partial charge is 0.494 e. The van der Waals surface area contributed by atoms with Crippen LogP contribution in [0.1, 0.15) is 36.5 Å². The molecule has 3 rings (SSSR count). The van der Waals surface area contributed by atoms with E-state index in [4.69, 9.17) is 14.2 Å². The van der Waals surface area contributed by atoms with Gasteiger partial charge in [-0.25, -0.2) is 0 Å². The van der Waals surface area contributed by atoms with Gasteiger partial charge in [0.2, 0.25) is 0 Å².